The Bertz CT molecular complexity index is 536. The van der Waals surface area contributed by atoms with Gasteiger partial charge in [-0.15, -0.1) is 0 Å². The van der Waals surface area contributed by atoms with Crippen molar-refractivity contribution >= 4 is 0 Å². The molecular weight excluding hydrogens is 262 g/mol. The zero-order valence-electron chi connectivity index (χ0n) is 13.0. The first-order valence-electron chi connectivity index (χ1n) is 7.55. The second-order valence-electron chi connectivity index (χ2n) is 5.82. The van der Waals surface area contributed by atoms with Gasteiger partial charge in [-0.05, 0) is 32.8 Å². The number of nitrogens with zero attached hydrogens (tertiary/aromatic N) is 2. The van der Waals surface area contributed by atoms with Crippen LogP contribution < -0.4 is 5.32 Å². The Morgan fingerprint density at radius 3 is 2.52 bits per heavy atom. The van der Waals surface area contributed by atoms with Crippen LogP contribution in [0.3, 0.4) is 0 Å². The lowest BCUT2D eigenvalue weighted by Gasteiger charge is -2.16. The Morgan fingerprint density at radius 2 is 1.90 bits per heavy atom. The number of aliphatic hydroxyl groups is 1. The molecule has 1 aromatic carbocycles. The molecule has 4 heteroatoms. The number of nitrogens with one attached hydrogen (secondary N) is 1. The minimum absolute atomic E-state index is 0.183. The molecule has 0 fully saturated rings. The van der Waals surface area contributed by atoms with Crippen molar-refractivity contribution in [2.24, 2.45) is 0 Å². The van der Waals surface area contributed by atoms with Gasteiger partial charge in [-0.3, -0.25) is 4.68 Å². The molecule has 0 aliphatic rings. The third-order valence-electron chi connectivity index (χ3n) is 3.62. The van der Waals surface area contributed by atoms with Crippen LogP contribution in [0.5, 0.6) is 0 Å². The van der Waals surface area contributed by atoms with Gasteiger partial charge >= 0.3 is 0 Å². The van der Waals surface area contributed by atoms with Gasteiger partial charge < -0.3 is 10.4 Å². The van der Waals surface area contributed by atoms with Crippen LogP contribution >= 0.6 is 0 Å². The quantitative estimate of drug-likeness (QED) is 0.823. The van der Waals surface area contributed by atoms with E-state index in [1.807, 2.05) is 41.2 Å². The highest BCUT2D eigenvalue weighted by molar-refractivity contribution is 5.15. The summed E-state index contributed by atoms with van der Waals surface area (Å²) in [4.78, 5) is 0. The van der Waals surface area contributed by atoms with Crippen molar-refractivity contribution in [2.75, 3.05) is 6.54 Å². The maximum absolute atomic E-state index is 10.1. The van der Waals surface area contributed by atoms with Crippen LogP contribution in [0.4, 0.5) is 0 Å². The molecule has 2 aromatic rings. The predicted molar refractivity (Wildman–Crippen MR) is 85.2 cm³/mol. The molecule has 1 heterocycles. The van der Waals surface area contributed by atoms with Crippen LogP contribution in [-0.2, 0) is 6.42 Å². The Kier molecular flexibility index (Phi) is 5.53. The normalized spacial score (nSPS) is 14.3. The van der Waals surface area contributed by atoms with Crippen molar-refractivity contribution in [3.8, 4) is 0 Å². The van der Waals surface area contributed by atoms with Gasteiger partial charge in [0.25, 0.3) is 0 Å². The topological polar surface area (TPSA) is 50.1 Å². The van der Waals surface area contributed by atoms with Crippen LogP contribution in [0, 0.1) is 0 Å². The maximum atomic E-state index is 10.1. The second-order valence-corrected chi connectivity index (χ2v) is 5.82. The molecule has 2 unspecified atom stereocenters. The zero-order valence-corrected chi connectivity index (χ0v) is 13.0. The van der Waals surface area contributed by atoms with Crippen LogP contribution in [0.25, 0.3) is 0 Å². The van der Waals surface area contributed by atoms with Crippen molar-refractivity contribution in [2.45, 2.75) is 45.4 Å². The lowest BCUT2D eigenvalue weighted by Crippen LogP contribution is -2.30. The van der Waals surface area contributed by atoms with E-state index in [1.165, 1.54) is 0 Å². The number of aliphatic hydroxyl groups excluding tert-OH is 1. The van der Waals surface area contributed by atoms with E-state index in [9.17, 15) is 5.11 Å². The summed E-state index contributed by atoms with van der Waals surface area (Å²) in [5, 5.41) is 17.8. The second kappa shape index (κ2) is 7.38. The monoisotopic (exact) mass is 287 g/mol. The van der Waals surface area contributed by atoms with Crippen LogP contribution in [0.1, 0.15) is 44.0 Å². The summed E-state index contributed by atoms with van der Waals surface area (Å²) in [6.07, 6.45) is 4.24. The van der Waals surface area contributed by atoms with E-state index in [-0.39, 0.29) is 12.1 Å². The highest BCUT2D eigenvalue weighted by Gasteiger charge is 2.11. The average molecular weight is 287 g/mol. The summed E-state index contributed by atoms with van der Waals surface area (Å²) < 4.78 is 1.95. The van der Waals surface area contributed by atoms with Gasteiger partial charge in [0.15, 0.2) is 0 Å². The van der Waals surface area contributed by atoms with Gasteiger partial charge in [0.2, 0.25) is 0 Å². The van der Waals surface area contributed by atoms with Crippen molar-refractivity contribution in [3.05, 3.63) is 53.9 Å². The van der Waals surface area contributed by atoms with Crippen LogP contribution in [-0.4, -0.2) is 27.5 Å². The molecule has 0 saturated heterocycles. The standard InChI is InChI=1S/C17H25N3O/c1-13(2)20-12-16(10-19-20)14(3)18-11-17(21)9-15-7-5-4-6-8-15/h4-8,10,12-14,17-18,21H,9,11H2,1-3H3. The molecule has 4 nitrogen and oxygen atoms in total. The molecule has 0 aliphatic carbocycles. The van der Waals surface area contributed by atoms with E-state index >= 15 is 0 Å². The molecular formula is C17H25N3O. The summed E-state index contributed by atoms with van der Waals surface area (Å²) in [5.74, 6) is 0. The lowest BCUT2D eigenvalue weighted by molar-refractivity contribution is 0.168. The predicted octanol–water partition coefficient (Wildman–Crippen LogP) is 2.72. The van der Waals surface area contributed by atoms with E-state index in [1.54, 1.807) is 0 Å². The fraction of sp³-hybridized carbons (Fsp3) is 0.471. The van der Waals surface area contributed by atoms with E-state index in [2.05, 4.69) is 37.4 Å². The van der Waals surface area contributed by atoms with E-state index in [4.69, 9.17) is 0 Å². The number of hydrogen-bond acceptors (Lipinski definition) is 3. The summed E-state index contributed by atoms with van der Waals surface area (Å²) in [6, 6.07) is 10.6. The minimum Gasteiger partial charge on any atom is -0.391 e. The fourth-order valence-electron chi connectivity index (χ4n) is 2.25. The molecule has 0 bridgehead atoms. The van der Waals surface area contributed by atoms with Crippen LogP contribution in [0.15, 0.2) is 42.7 Å². The third kappa shape index (κ3) is 4.69. The molecule has 1 aromatic heterocycles. The summed E-state index contributed by atoms with van der Waals surface area (Å²) in [7, 11) is 0. The van der Waals surface area contributed by atoms with Gasteiger partial charge in [0.05, 0.1) is 12.3 Å². The first-order valence-corrected chi connectivity index (χ1v) is 7.55. The number of benzene rings is 1. The summed E-state index contributed by atoms with van der Waals surface area (Å²) >= 11 is 0. The van der Waals surface area contributed by atoms with Crippen molar-refractivity contribution in [1.82, 2.24) is 15.1 Å². The molecule has 21 heavy (non-hydrogen) atoms. The Morgan fingerprint density at radius 1 is 1.19 bits per heavy atom. The Labute approximate surface area is 126 Å². The molecule has 0 aliphatic heterocycles. The van der Waals surface area contributed by atoms with Gasteiger partial charge in [0, 0.05) is 30.4 Å². The maximum Gasteiger partial charge on any atom is 0.0705 e. The molecule has 114 valence electrons. The van der Waals surface area contributed by atoms with E-state index in [0.717, 1.165) is 11.1 Å². The zero-order chi connectivity index (χ0) is 15.2. The Hall–Kier alpha value is -1.65. The first-order chi connectivity index (χ1) is 10.1. The average Bonchev–Trinajstić information content (AvgIpc) is 2.96. The largest absolute Gasteiger partial charge is 0.391 e. The molecule has 2 atom stereocenters. The lowest BCUT2D eigenvalue weighted by atomic mass is 10.1. The van der Waals surface area contributed by atoms with E-state index < -0.39 is 0 Å². The van der Waals surface area contributed by atoms with Crippen molar-refractivity contribution < 1.29 is 5.11 Å². The van der Waals surface area contributed by atoms with Crippen LogP contribution in [0.2, 0.25) is 0 Å². The van der Waals surface area contributed by atoms with Gasteiger partial charge in [-0.1, -0.05) is 30.3 Å². The number of rotatable bonds is 7. The van der Waals surface area contributed by atoms with Crippen molar-refractivity contribution in [1.29, 1.82) is 0 Å². The fourth-order valence-corrected chi connectivity index (χ4v) is 2.25. The first kappa shape index (κ1) is 15.7. The number of hydrogen-bond donors (Lipinski definition) is 2. The summed E-state index contributed by atoms with van der Waals surface area (Å²) in [5.41, 5.74) is 2.31. The molecule has 0 saturated carbocycles. The molecule has 0 amide bonds. The van der Waals surface area contributed by atoms with E-state index in [0.29, 0.717) is 19.0 Å². The molecule has 0 spiro atoms. The smallest absolute Gasteiger partial charge is 0.0705 e. The molecule has 2 N–H and O–H groups in total. The van der Waals surface area contributed by atoms with Gasteiger partial charge in [-0.25, -0.2) is 0 Å². The van der Waals surface area contributed by atoms with Crippen molar-refractivity contribution in [3.63, 3.8) is 0 Å². The van der Waals surface area contributed by atoms with Gasteiger partial charge in [-0.2, -0.15) is 5.10 Å². The minimum atomic E-state index is -0.380. The highest BCUT2D eigenvalue weighted by atomic mass is 16.3. The SMILES string of the molecule is CC(NCC(O)Cc1ccccc1)c1cnn(C(C)C)c1. The highest BCUT2D eigenvalue weighted by Crippen LogP contribution is 2.13. The summed E-state index contributed by atoms with van der Waals surface area (Å²) in [6.45, 7) is 6.89. The number of aromatic nitrogens is 2. The molecule has 0 radical (unpaired) electrons. The van der Waals surface area contributed by atoms with Gasteiger partial charge in [0.1, 0.15) is 0 Å². The Balaban J connectivity index is 1.81. The molecule has 2 rings (SSSR count). The third-order valence-corrected chi connectivity index (χ3v) is 3.62.